The summed E-state index contributed by atoms with van der Waals surface area (Å²) < 4.78 is 4.68. The molecule has 2 aromatic carbocycles. The zero-order valence-corrected chi connectivity index (χ0v) is 15.8. The molecule has 0 heterocycles. The SMILES string of the molecule is COC(=O)CCN(CC(C)C)C(=O)c1ccc2c(c1)C(=O)c1ccccc1-2. The Hall–Kier alpha value is -2.95. The number of hydrogen-bond donors (Lipinski definition) is 0. The fourth-order valence-corrected chi connectivity index (χ4v) is 3.39. The molecule has 0 bridgehead atoms. The lowest BCUT2D eigenvalue weighted by molar-refractivity contribution is -0.140. The van der Waals surface area contributed by atoms with Crippen LogP contribution in [-0.2, 0) is 9.53 Å². The van der Waals surface area contributed by atoms with Crippen LogP contribution >= 0.6 is 0 Å². The minimum Gasteiger partial charge on any atom is -0.469 e. The quantitative estimate of drug-likeness (QED) is 0.627. The van der Waals surface area contributed by atoms with Crippen LogP contribution in [0.1, 0.15) is 46.5 Å². The molecule has 1 aliphatic carbocycles. The normalized spacial score (nSPS) is 11.9. The van der Waals surface area contributed by atoms with E-state index in [9.17, 15) is 14.4 Å². The van der Waals surface area contributed by atoms with Crippen molar-refractivity contribution in [1.82, 2.24) is 4.90 Å². The Bertz CT molecular complexity index is 901. The van der Waals surface area contributed by atoms with Crippen LogP contribution in [-0.4, -0.2) is 42.8 Å². The molecule has 0 N–H and O–H groups in total. The number of amides is 1. The van der Waals surface area contributed by atoms with Gasteiger partial charge in [0.25, 0.3) is 5.91 Å². The van der Waals surface area contributed by atoms with Crippen LogP contribution in [0.4, 0.5) is 0 Å². The van der Waals surface area contributed by atoms with Gasteiger partial charge in [0.15, 0.2) is 5.78 Å². The summed E-state index contributed by atoms with van der Waals surface area (Å²) in [6.07, 6.45) is 0.143. The van der Waals surface area contributed by atoms with Crippen molar-refractivity contribution in [1.29, 1.82) is 0 Å². The molecular formula is C22H23NO4. The number of fused-ring (bicyclic) bond motifs is 3. The fraction of sp³-hybridized carbons (Fsp3) is 0.318. The zero-order chi connectivity index (χ0) is 19.6. The monoisotopic (exact) mass is 365 g/mol. The first kappa shape index (κ1) is 18.8. The van der Waals surface area contributed by atoms with E-state index in [0.29, 0.717) is 23.2 Å². The molecule has 27 heavy (non-hydrogen) atoms. The molecule has 0 saturated heterocycles. The summed E-state index contributed by atoms with van der Waals surface area (Å²) in [6, 6.07) is 12.7. The van der Waals surface area contributed by atoms with Gasteiger partial charge in [-0.2, -0.15) is 0 Å². The van der Waals surface area contributed by atoms with E-state index in [-0.39, 0.29) is 36.5 Å². The molecule has 0 unspecified atom stereocenters. The number of carbonyl (C=O) groups excluding carboxylic acids is 3. The standard InChI is InChI=1S/C22H23NO4/c1-14(2)13-23(11-10-20(24)27-3)22(26)15-8-9-17-16-6-4-5-7-18(16)21(25)19(17)12-15/h4-9,12,14H,10-11,13H2,1-3H3. The smallest absolute Gasteiger partial charge is 0.307 e. The summed E-state index contributed by atoms with van der Waals surface area (Å²) in [5, 5.41) is 0. The van der Waals surface area contributed by atoms with Gasteiger partial charge in [-0.05, 0) is 29.2 Å². The van der Waals surface area contributed by atoms with Gasteiger partial charge in [0.1, 0.15) is 0 Å². The Morgan fingerprint density at radius 2 is 1.67 bits per heavy atom. The molecule has 1 aliphatic rings. The highest BCUT2D eigenvalue weighted by molar-refractivity contribution is 6.22. The van der Waals surface area contributed by atoms with Gasteiger partial charge >= 0.3 is 5.97 Å². The summed E-state index contributed by atoms with van der Waals surface area (Å²) in [7, 11) is 1.33. The van der Waals surface area contributed by atoms with Crippen molar-refractivity contribution in [2.75, 3.05) is 20.2 Å². The maximum Gasteiger partial charge on any atom is 0.307 e. The van der Waals surface area contributed by atoms with E-state index in [1.54, 1.807) is 23.1 Å². The van der Waals surface area contributed by atoms with E-state index >= 15 is 0 Å². The molecule has 0 aromatic heterocycles. The molecule has 0 radical (unpaired) electrons. The number of hydrogen-bond acceptors (Lipinski definition) is 4. The van der Waals surface area contributed by atoms with Crippen LogP contribution in [0.25, 0.3) is 11.1 Å². The first-order chi connectivity index (χ1) is 12.9. The predicted molar refractivity (Wildman–Crippen MR) is 103 cm³/mol. The molecule has 0 atom stereocenters. The second-order valence-electron chi connectivity index (χ2n) is 7.11. The molecular weight excluding hydrogens is 342 g/mol. The average Bonchev–Trinajstić information content (AvgIpc) is 2.96. The van der Waals surface area contributed by atoms with E-state index in [4.69, 9.17) is 0 Å². The Morgan fingerprint density at radius 1 is 1.00 bits per heavy atom. The van der Waals surface area contributed by atoms with Crippen LogP contribution in [0.3, 0.4) is 0 Å². The van der Waals surface area contributed by atoms with Crippen molar-refractivity contribution in [2.45, 2.75) is 20.3 Å². The number of ether oxygens (including phenoxy) is 1. The number of methoxy groups -OCH3 is 1. The largest absolute Gasteiger partial charge is 0.469 e. The van der Waals surface area contributed by atoms with Gasteiger partial charge < -0.3 is 9.64 Å². The first-order valence-corrected chi connectivity index (χ1v) is 9.06. The summed E-state index contributed by atoms with van der Waals surface area (Å²) in [4.78, 5) is 38.8. The van der Waals surface area contributed by atoms with Crippen LogP contribution in [0.5, 0.6) is 0 Å². The number of ketones is 1. The molecule has 140 valence electrons. The molecule has 5 heteroatoms. The van der Waals surface area contributed by atoms with E-state index in [1.165, 1.54) is 7.11 Å². The van der Waals surface area contributed by atoms with Gasteiger partial charge in [0, 0.05) is 29.8 Å². The summed E-state index contributed by atoms with van der Waals surface area (Å²) in [5.41, 5.74) is 3.44. The van der Waals surface area contributed by atoms with Crippen molar-refractivity contribution in [2.24, 2.45) is 5.92 Å². The van der Waals surface area contributed by atoms with E-state index in [1.807, 2.05) is 38.1 Å². The third kappa shape index (κ3) is 3.77. The van der Waals surface area contributed by atoms with E-state index in [2.05, 4.69) is 4.74 Å². The second kappa shape index (κ2) is 7.74. The average molecular weight is 365 g/mol. The van der Waals surface area contributed by atoms with Crippen molar-refractivity contribution in [3.05, 3.63) is 59.2 Å². The lowest BCUT2D eigenvalue weighted by atomic mass is 10.0. The fourth-order valence-electron chi connectivity index (χ4n) is 3.39. The highest BCUT2D eigenvalue weighted by Crippen LogP contribution is 2.36. The van der Waals surface area contributed by atoms with Crippen molar-refractivity contribution in [3.63, 3.8) is 0 Å². The van der Waals surface area contributed by atoms with Crippen LogP contribution < -0.4 is 0 Å². The predicted octanol–water partition coefficient (Wildman–Crippen LogP) is 3.56. The minimum atomic E-state index is -0.351. The summed E-state index contributed by atoms with van der Waals surface area (Å²) >= 11 is 0. The lowest BCUT2D eigenvalue weighted by Gasteiger charge is -2.24. The number of carbonyl (C=O) groups is 3. The van der Waals surface area contributed by atoms with Crippen LogP contribution in [0.2, 0.25) is 0 Å². The van der Waals surface area contributed by atoms with Crippen LogP contribution in [0.15, 0.2) is 42.5 Å². The summed E-state index contributed by atoms with van der Waals surface area (Å²) in [6.45, 7) is 4.85. The molecule has 0 spiro atoms. The van der Waals surface area contributed by atoms with Gasteiger partial charge in [0.05, 0.1) is 13.5 Å². The Labute approximate surface area is 158 Å². The van der Waals surface area contributed by atoms with Gasteiger partial charge in [-0.3, -0.25) is 14.4 Å². The molecule has 1 amide bonds. The lowest BCUT2D eigenvalue weighted by Crippen LogP contribution is -2.36. The topological polar surface area (TPSA) is 63.7 Å². The van der Waals surface area contributed by atoms with Gasteiger partial charge in [-0.1, -0.05) is 44.2 Å². The third-order valence-corrected chi connectivity index (χ3v) is 4.66. The van der Waals surface area contributed by atoms with Crippen molar-refractivity contribution >= 4 is 17.7 Å². The molecule has 2 aromatic rings. The van der Waals surface area contributed by atoms with Gasteiger partial charge in [-0.25, -0.2) is 0 Å². The zero-order valence-electron chi connectivity index (χ0n) is 15.8. The Kier molecular flexibility index (Phi) is 5.40. The van der Waals surface area contributed by atoms with Gasteiger partial charge in [-0.15, -0.1) is 0 Å². The minimum absolute atomic E-state index is 0.0554. The maximum absolute atomic E-state index is 13.0. The number of nitrogens with zero attached hydrogens (tertiary/aromatic N) is 1. The molecule has 5 nitrogen and oxygen atoms in total. The molecule has 0 saturated carbocycles. The second-order valence-corrected chi connectivity index (χ2v) is 7.11. The van der Waals surface area contributed by atoms with E-state index < -0.39 is 0 Å². The molecule has 0 aliphatic heterocycles. The number of esters is 1. The highest BCUT2D eigenvalue weighted by atomic mass is 16.5. The number of rotatable bonds is 6. The Balaban J connectivity index is 1.88. The highest BCUT2D eigenvalue weighted by Gasteiger charge is 2.28. The van der Waals surface area contributed by atoms with E-state index in [0.717, 1.165) is 11.1 Å². The molecule has 0 fully saturated rings. The molecule has 3 rings (SSSR count). The van der Waals surface area contributed by atoms with Crippen molar-refractivity contribution in [3.8, 4) is 11.1 Å². The van der Waals surface area contributed by atoms with Crippen LogP contribution in [0, 0.1) is 5.92 Å². The summed E-state index contributed by atoms with van der Waals surface area (Å²) in [5.74, 6) is -0.331. The first-order valence-electron chi connectivity index (χ1n) is 9.06. The van der Waals surface area contributed by atoms with Crippen molar-refractivity contribution < 1.29 is 19.1 Å². The maximum atomic E-state index is 13.0. The number of benzene rings is 2. The third-order valence-electron chi connectivity index (χ3n) is 4.66. The van der Waals surface area contributed by atoms with Gasteiger partial charge in [0.2, 0.25) is 0 Å². The Morgan fingerprint density at radius 3 is 2.33 bits per heavy atom.